The fourth-order valence-corrected chi connectivity index (χ4v) is 4.64. The Morgan fingerprint density at radius 2 is 1.78 bits per heavy atom. The van der Waals surface area contributed by atoms with Crippen molar-refractivity contribution < 1.29 is 14.3 Å². The number of carbonyl (C=O) groups excluding carboxylic acids is 2. The molecule has 2 fully saturated rings. The van der Waals surface area contributed by atoms with Crippen molar-refractivity contribution in [3.63, 3.8) is 0 Å². The number of hydrogen-bond donors (Lipinski definition) is 1. The molecule has 5 heteroatoms. The average molecular weight is 433 g/mol. The highest BCUT2D eigenvalue weighted by atomic mass is 16.5. The lowest BCUT2D eigenvalue weighted by Gasteiger charge is -2.44. The van der Waals surface area contributed by atoms with E-state index in [4.69, 9.17) is 4.74 Å². The highest BCUT2D eigenvalue weighted by molar-refractivity contribution is 5.98. The first-order valence-electron chi connectivity index (χ1n) is 11.7. The smallest absolute Gasteiger partial charge is 0.289 e. The Labute approximate surface area is 190 Å². The monoisotopic (exact) mass is 432 g/mol. The van der Waals surface area contributed by atoms with Gasteiger partial charge in [-0.25, -0.2) is 0 Å². The number of nitrogens with zero attached hydrogens (tertiary/aromatic N) is 1. The molecule has 1 saturated heterocycles. The largest absolute Gasteiger partial charge is 0.482 e. The summed E-state index contributed by atoms with van der Waals surface area (Å²) in [4.78, 5) is 27.9. The quantitative estimate of drug-likeness (QED) is 0.663. The second-order valence-electron chi connectivity index (χ2n) is 8.85. The second-order valence-corrected chi connectivity index (χ2v) is 8.85. The minimum Gasteiger partial charge on any atom is -0.482 e. The van der Waals surface area contributed by atoms with Gasteiger partial charge in [-0.1, -0.05) is 67.1 Å². The van der Waals surface area contributed by atoms with E-state index in [-0.39, 0.29) is 36.5 Å². The fraction of sp³-hybridized carbons (Fsp3) is 0.407. The number of hydrogen-bond acceptors (Lipinski definition) is 3. The van der Waals surface area contributed by atoms with E-state index in [2.05, 4.69) is 17.4 Å². The number of nitrogens with one attached hydrogen (secondary N) is 1. The van der Waals surface area contributed by atoms with Crippen molar-refractivity contribution in [1.29, 1.82) is 0 Å². The van der Waals surface area contributed by atoms with E-state index in [0.29, 0.717) is 5.76 Å². The zero-order valence-corrected chi connectivity index (χ0v) is 18.7. The molecule has 4 rings (SSSR count). The van der Waals surface area contributed by atoms with Crippen LogP contribution in [-0.4, -0.2) is 41.4 Å². The number of amides is 2. The molecule has 32 heavy (non-hydrogen) atoms. The van der Waals surface area contributed by atoms with E-state index in [1.165, 1.54) is 5.56 Å². The fourth-order valence-electron chi connectivity index (χ4n) is 4.64. The summed E-state index contributed by atoms with van der Waals surface area (Å²) in [5.74, 6) is 0.0394. The molecule has 2 amide bonds. The molecule has 1 heterocycles. The lowest BCUT2D eigenvalue weighted by atomic mass is 9.89. The molecule has 5 nitrogen and oxygen atoms in total. The van der Waals surface area contributed by atoms with E-state index >= 15 is 0 Å². The second kappa shape index (κ2) is 10.5. The molecule has 0 spiro atoms. The summed E-state index contributed by atoms with van der Waals surface area (Å²) in [7, 11) is 0. The number of morpholine rings is 1. The molecular weight excluding hydrogens is 400 g/mol. The minimum atomic E-state index is -0.191. The van der Waals surface area contributed by atoms with Gasteiger partial charge in [-0.3, -0.25) is 9.59 Å². The van der Waals surface area contributed by atoms with E-state index < -0.39 is 0 Å². The summed E-state index contributed by atoms with van der Waals surface area (Å²) in [6.07, 6.45) is 7.46. The van der Waals surface area contributed by atoms with Crippen LogP contribution in [0.5, 0.6) is 0 Å². The van der Waals surface area contributed by atoms with Crippen LogP contribution in [0.1, 0.15) is 50.2 Å². The van der Waals surface area contributed by atoms with Crippen LogP contribution in [-0.2, 0) is 20.7 Å². The molecule has 1 N–H and O–H groups in total. The molecule has 3 unspecified atom stereocenters. The molecule has 0 aromatic heterocycles. The lowest BCUT2D eigenvalue weighted by molar-refractivity contribution is -0.152. The van der Waals surface area contributed by atoms with Crippen LogP contribution in [0.25, 0.3) is 6.08 Å². The maximum absolute atomic E-state index is 13.3. The van der Waals surface area contributed by atoms with Gasteiger partial charge in [-0.2, -0.15) is 0 Å². The molecule has 0 radical (unpaired) electrons. The summed E-state index contributed by atoms with van der Waals surface area (Å²) in [6.45, 7) is 2.09. The maximum atomic E-state index is 13.3. The molecule has 2 aromatic carbocycles. The van der Waals surface area contributed by atoms with Crippen LogP contribution in [0.3, 0.4) is 0 Å². The van der Waals surface area contributed by atoms with E-state index in [1.807, 2.05) is 55.5 Å². The average Bonchev–Trinajstić information content (AvgIpc) is 2.82. The maximum Gasteiger partial charge on any atom is 0.289 e. The van der Waals surface area contributed by atoms with Crippen LogP contribution in [0, 0.1) is 0 Å². The van der Waals surface area contributed by atoms with Gasteiger partial charge in [0.1, 0.15) is 12.6 Å². The molecule has 1 saturated carbocycles. The zero-order chi connectivity index (χ0) is 22.3. The van der Waals surface area contributed by atoms with Crippen molar-refractivity contribution in [1.82, 2.24) is 10.2 Å². The van der Waals surface area contributed by atoms with Crippen LogP contribution in [0.4, 0.5) is 0 Å². The first kappa shape index (κ1) is 22.1. The minimum absolute atomic E-state index is 0.0328. The molecule has 2 aliphatic rings. The van der Waals surface area contributed by atoms with E-state index in [9.17, 15) is 9.59 Å². The summed E-state index contributed by atoms with van der Waals surface area (Å²) in [6, 6.07) is 20.0. The van der Waals surface area contributed by atoms with E-state index in [0.717, 1.165) is 44.1 Å². The first-order valence-corrected chi connectivity index (χ1v) is 11.7. The first-order chi connectivity index (χ1) is 15.6. The van der Waals surface area contributed by atoms with Crippen molar-refractivity contribution in [2.45, 2.75) is 63.6 Å². The van der Waals surface area contributed by atoms with Crippen LogP contribution in [0.2, 0.25) is 0 Å². The van der Waals surface area contributed by atoms with Gasteiger partial charge in [0.05, 0.1) is 6.04 Å². The van der Waals surface area contributed by atoms with Gasteiger partial charge in [0.25, 0.3) is 5.91 Å². The Balaban J connectivity index is 1.41. The highest BCUT2D eigenvalue weighted by Crippen LogP contribution is 2.33. The summed E-state index contributed by atoms with van der Waals surface area (Å²) in [5.41, 5.74) is 2.18. The SMILES string of the molecule is CC(CCc1ccccc1)NC(=O)CN1C(=O)/C(=C\c2ccccc2)OC2CCCCC21. The van der Waals surface area contributed by atoms with Crippen molar-refractivity contribution in [3.8, 4) is 0 Å². The Hall–Kier alpha value is -3.08. The molecule has 168 valence electrons. The van der Waals surface area contributed by atoms with Gasteiger partial charge in [0, 0.05) is 6.04 Å². The molecular formula is C27H32N2O3. The molecule has 0 bridgehead atoms. The zero-order valence-electron chi connectivity index (χ0n) is 18.7. The number of rotatable bonds is 7. The van der Waals surface area contributed by atoms with Gasteiger partial charge >= 0.3 is 0 Å². The van der Waals surface area contributed by atoms with Gasteiger partial charge < -0.3 is 15.0 Å². The molecule has 3 atom stereocenters. The van der Waals surface area contributed by atoms with Gasteiger partial charge in [0.15, 0.2) is 5.76 Å². The Kier molecular flexibility index (Phi) is 7.25. The van der Waals surface area contributed by atoms with Crippen LogP contribution in [0.15, 0.2) is 66.4 Å². The van der Waals surface area contributed by atoms with Gasteiger partial charge in [0.2, 0.25) is 5.91 Å². The molecule has 1 aliphatic carbocycles. The third kappa shape index (κ3) is 5.58. The number of aryl methyl sites for hydroxylation is 1. The van der Waals surface area contributed by atoms with Crippen molar-refractivity contribution in [2.24, 2.45) is 0 Å². The molecule has 1 aliphatic heterocycles. The van der Waals surface area contributed by atoms with E-state index in [1.54, 1.807) is 11.0 Å². The normalized spacial score (nSPS) is 22.7. The highest BCUT2D eigenvalue weighted by Gasteiger charge is 2.42. The number of ether oxygens (including phenoxy) is 1. The number of benzene rings is 2. The van der Waals surface area contributed by atoms with Crippen molar-refractivity contribution >= 4 is 17.9 Å². The number of fused-ring (bicyclic) bond motifs is 1. The summed E-state index contributed by atoms with van der Waals surface area (Å²) < 4.78 is 6.13. The standard InChI is InChI=1S/C27H32N2O3/c1-20(16-17-21-10-4-2-5-11-21)28-26(30)19-29-23-14-8-9-15-24(23)32-25(27(29)31)18-22-12-6-3-7-13-22/h2-7,10-13,18,20,23-24H,8-9,14-17,19H2,1H3,(H,28,30)/b25-18+. The van der Waals surface area contributed by atoms with Gasteiger partial charge in [-0.15, -0.1) is 0 Å². The van der Waals surface area contributed by atoms with Crippen molar-refractivity contribution in [2.75, 3.05) is 6.54 Å². The third-order valence-corrected chi connectivity index (χ3v) is 6.35. The molecule has 2 aromatic rings. The Bertz CT molecular complexity index is 942. The van der Waals surface area contributed by atoms with Crippen molar-refractivity contribution in [3.05, 3.63) is 77.5 Å². The lowest BCUT2D eigenvalue weighted by Crippen LogP contribution is -2.57. The Morgan fingerprint density at radius 3 is 2.53 bits per heavy atom. The van der Waals surface area contributed by atoms with Gasteiger partial charge in [-0.05, 0) is 56.2 Å². The van der Waals surface area contributed by atoms with Crippen LogP contribution < -0.4 is 5.32 Å². The Morgan fingerprint density at radius 1 is 1.09 bits per heavy atom. The number of carbonyl (C=O) groups is 2. The summed E-state index contributed by atoms with van der Waals surface area (Å²) in [5, 5.41) is 3.08. The summed E-state index contributed by atoms with van der Waals surface area (Å²) >= 11 is 0. The predicted molar refractivity (Wildman–Crippen MR) is 126 cm³/mol. The van der Waals surface area contributed by atoms with Crippen LogP contribution >= 0.6 is 0 Å². The third-order valence-electron chi connectivity index (χ3n) is 6.35. The predicted octanol–water partition coefficient (Wildman–Crippen LogP) is 4.34. The topological polar surface area (TPSA) is 58.6 Å².